The van der Waals surface area contributed by atoms with Gasteiger partial charge in [0.2, 0.25) is 0 Å². The lowest BCUT2D eigenvalue weighted by Gasteiger charge is -2.42. The third-order valence-corrected chi connectivity index (χ3v) is 12.8. The van der Waals surface area contributed by atoms with Crippen LogP contribution in [0.1, 0.15) is 25.0 Å². The van der Waals surface area contributed by atoms with Crippen LogP contribution < -0.4 is 4.90 Å². The summed E-state index contributed by atoms with van der Waals surface area (Å²) in [5, 5.41) is 5.19. The summed E-state index contributed by atoms with van der Waals surface area (Å²) in [5.74, 6) is 0. The first-order chi connectivity index (χ1) is 26.5. The van der Waals surface area contributed by atoms with Crippen molar-refractivity contribution < 1.29 is 0 Å². The van der Waals surface area contributed by atoms with E-state index in [1.165, 1.54) is 92.4 Å². The van der Waals surface area contributed by atoms with Gasteiger partial charge < -0.3 is 9.47 Å². The zero-order valence-corrected chi connectivity index (χ0v) is 30.9. The van der Waals surface area contributed by atoms with Crippen molar-refractivity contribution >= 4 is 70.4 Å². The Hall–Kier alpha value is -6.42. The Kier molecular flexibility index (Phi) is 6.80. The highest BCUT2D eigenvalue weighted by atomic mass is 32.1. The lowest BCUT2D eigenvalue weighted by molar-refractivity contribution is 0.632. The van der Waals surface area contributed by atoms with E-state index in [1.54, 1.807) is 0 Å². The zero-order chi connectivity index (χ0) is 36.0. The molecule has 0 aliphatic carbocycles. The van der Waals surface area contributed by atoms with E-state index >= 15 is 0 Å². The fourth-order valence-electron chi connectivity index (χ4n) is 8.93. The van der Waals surface area contributed by atoms with Crippen LogP contribution >= 0.6 is 11.3 Å². The van der Waals surface area contributed by atoms with Gasteiger partial charge in [-0.3, -0.25) is 0 Å². The predicted octanol–water partition coefficient (Wildman–Crippen LogP) is 14.6. The van der Waals surface area contributed by atoms with Crippen molar-refractivity contribution in [2.75, 3.05) is 4.90 Å². The van der Waals surface area contributed by atoms with Crippen LogP contribution in [-0.4, -0.2) is 4.57 Å². The zero-order valence-electron chi connectivity index (χ0n) is 30.1. The van der Waals surface area contributed by atoms with Crippen LogP contribution in [0.2, 0.25) is 0 Å². The Balaban J connectivity index is 1.03. The second-order valence-electron chi connectivity index (χ2n) is 15.0. The largest absolute Gasteiger partial charge is 0.310 e. The Morgan fingerprint density at radius 3 is 1.94 bits per heavy atom. The van der Waals surface area contributed by atoms with Crippen LogP contribution in [0.3, 0.4) is 0 Å². The quantitative estimate of drug-likeness (QED) is 0.177. The Morgan fingerprint density at radius 2 is 1.07 bits per heavy atom. The van der Waals surface area contributed by atoms with Crippen molar-refractivity contribution in [3.8, 4) is 27.9 Å². The second-order valence-corrected chi connectivity index (χ2v) is 16.0. The van der Waals surface area contributed by atoms with Crippen LogP contribution in [0.4, 0.5) is 17.1 Å². The monoisotopic (exact) mass is 708 g/mol. The number of aromatic nitrogens is 1. The molecular weight excluding hydrogens is 673 g/mol. The minimum absolute atomic E-state index is 0.192. The summed E-state index contributed by atoms with van der Waals surface area (Å²) in [6, 6.07) is 67.1. The highest BCUT2D eigenvalue weighted by molar-refractivity contribution is 7.26. The van der Waals surface area contributed by atoms with Crippen molar-refractivity contribution in [1.82, 2.24) is 4.57 Å². The van der Waals surface area contributed by atoms with Gasteiger partial charge in [0.1, 0.15) is 0 Å². The number of hydrogen-bond donors (Lipinski definition) is 0. The predicted molar refractivity (Wildman–Crippen MR) is 231 cm³/mol. The van der Waals surface area contributed by atoms with Crippen LogP contribution in [-0.2, 0) is 5.41 Å². The maximum absolute atomic E-state index is 2.46. The normalized spacial score (nSPS) is 13.5. The van der Waals surface area contributed by atoms with Crippen molar-refractivity contribution in [2.24, 2.45) is 0 Å². The van der Waals surface area contributed by atoms with E-state index < -0.39 is 0 Å². The summed E-state index contributed by atoms with van der Waals surface area (Å²) in [5.41, 5.74) is 14.7. The van der Waals surface area contributed by atoms with Crippen LogP contribution in [0.5, 0.6) is 0 Å². The molecule has 1 aliphatic heterocycles. The van der Waals surface area contributed by atoms with Crippen molar-refractivity contribution in [2.45, 2.75) is 19.3 Å². The lowest BCUT2D eigenvalue weighted by atomic mass is 9.73. The number of thiophene rings is 1. The summed E-state index contributed by atoms with van der Waals surface area (Å²) >= 11 is 1.89. The van der Waals surface area contributed by atoms with Gasteiger partial charge in [-0.1, -0.05) is 129 Å². The number of benzene rings is 8. The molecule has 11 rings (SSSR count). The fourth-order valence-corrected chi connectivity index (χ4v) is 10.2. The highest BCUT2D eigenvalue weighted by Gasteiger charge is 2.37. The number of fused-ring (bicyclic) bond motifs is 8. The minimum atomic E-state index is -0.192. The van der Waals surface area contributed by atoms with E-state index in [9.17, 15) is 0 Å². The standard InChI is InChI=1S/C51H36N2S/c1-51(2)43-19-8-10-21-47(43)53(37-27-23-33(24-28-37)38-17-12-18-41-40-16-7-11-22-49(40)54-50(38)41)48-30-26-35(32-44(48)51)34-25-29-46-42(31-34)39-15-6-9-20-45(39)52(46)36-13-4-3-5-14-36/h3-32H,1-2H3. The lowest BCUT2D eigenvalue weighted by Crippen LogP contribution is -2.30. The van der Waals surface area contributed by atoms with E-state index in [0.717, 1.165) is 5.69 Å². The summed E-state index contributed by atoms with van der Waals surface area (Å²) in [6.07, 6.45) is 0. The van der Waals surface area contributed by atoms with Gasteiger partial charge in [0.15, 0.2) is 0 Å². The average Bonchev–Trinajstić information content (AvgIpc) is 3.77. The Bertz CT molecular complexity index is 3070. The van der Waals surface area contributed by atoms with Crippen LogP contribution in [0, 0.1) is 0 Å². The molecule has 0 atom stereocenters. The third-order valence-electron chi connectivity index (χ3n) is 11.6. The molecule has 54 heavy (non-hydrogen) atoms. The Labute approximate surface area is 318 Å². The van der Waals surface area contributed by atoms with E-state index in [0.29, 0.717) is 0 Å². The van der Waals surface area contributed by atoms with Gasteiger partial charge in [-0.2, -0.15) is 0 Å². The molecular formula is C51H36N2S. The summed E-state index contributed by atoms with van der Waals surface area (Å²) < 4.78 is 5.06. The molecule has 10 aromatic rings. The van der Waals surface area contributed by atoms with Crippen molar-refractivity contribution in [3.63, 3.8) is 0 Å². The van der Waals surface area contributed by atoms with Gasteiger partial charge in [0.05, 0.1) is 22.4 Å². The molecule has 0 spiro atoms. The van der Waals surface area contributed by atoms with Gasteiger partial charge in [0, 0.05) is 47.7 Å². The smallest absolute Gasteiger partial charge is 0.0541 e. The molecule has 0 unspecified atom stereocenters. The maximum Gasteiger partial charge on any atom is 0.0541 e. The molecule has 0 saturated carbocycles. The molecule has 2 nitrogen and oxygen atoms in total. The maximum atomic E-state index is 2.46. The molecule has 0 radical (unpaired) electrons. The number of hydrogen-bond acceptors (Lipinski definition) is 2. The summed E-state index contributed by atoms with van der Waals surface area (Å²) in [6.45, 7) is 4.74. The number of para-hydroxylation sites is 3. The SMILES string of the molecule is CC1(C)c2ccccc2N(c2ccc(-c3cccc4c3sc3ccccc34)cc2)c2ccc(-c3ccc4c(c3)c3ccccc3n4-c3ccccc3)cc21. The summed E-state index contributed by atoms with van der Waals surface area (Å²) in [7, 11) is 0. The van der Waals surface area contributed by atoms with Gasteiger partial charge in [-0.05, 0) is 100 Å². The topological polar surface area (TPSA) is 8.17 Å². The van der Waals surface area contributed by atoms with E-state index in [4.69, 9.17) is 0 Å². The molecule has 3 heteroatoms. The fraction of sp³-hybridized carbons (Fsp3) is 0.0588. The molecule has 0 N–H and O–H groups in total. The molecule has 0 fully saturated rings. The van der Waals surface area contributed by atoms with E-state index in [-0.39, 0.29) is 5.41 Å². The number of rotatable bonds is 4. The number of nitrogens with zero attached hydrogens (tertiary/aromatic N) is 2. The molecule has 3 heterocycles. The molecule has 0 saturated heterocycles. The first-order valence-electron chi connectivity index (χ1n) is 18.7. The van der Waals surface area contributed by atoms with Crippen LogP contribution in [0.15, 0.2) is 182 Å². The summed E-state index contributed by atoms with van der Waals surface area (Å²) in [4.78, 5) is 2.46. The van der Waals surface area contributed by atoms with Gasteiger partial charge in [0.25, 0.3) is 0 Å². The van der Waals surface area contributed by atoms with Crippen molar-refractivity contribution in [1.29, 1.82) is 0 Å². The molecule has 1 aliphatic rings. The van der Waals surface area contributed by atoms with Gasteiger partial charge >= 0.3 is 0 Å². The number of anilines is 3. The van der Waals surface area contributed by atoms with Gasteiger partial charge in [-0.25, -0.2) is 0 Å². The van der Waals surface area contributed by atoms with E-state index in [1.807, 2.05) is 11.3 Å². The Morgan fingerprint density at radius 1 is 0.426 bits per heavy atom. The molecule has 2 aromatic heterocycles. The minimum Gasteiger partial charge on any atom is -0.310 e. The first-order valence-corrected chi connectivity index (χ1v) is 19.5. The molecule has 0 amide bonds. The molecule has 0 bridgehead atoms. The van der Waals surface area contributed by atoms with Crippen LogP contribution in [0.25, 0.3) is 69.9 Å². The van der Waals surface area contributed by atoms with Gasteiger partial charge in [-0.15, -0.1) is 11.3 Å². The molecule has 256 valence electrons. The highest BCUT2D eigenvalue weighted by Crippen LogP contribution is 2.53. The van der Waals surface area contributed by atoms with Crippen molar-refractivity contribution in [3.05, 3.63) is 193 Å². The first kappa shape index (κ1) is 31.1. The second kappa shape index (κ2) is 11.8. The van der Waals surface area contributed by atoms with E-state index in [2.05, 4.69) is 205 Å². The molecule has 8 aromatic carbocycles. The average molecular weight is 709 g/mol. The third kappa shape index (κ3) is 4.58.